The number of rotatable bonds is 5. The Morgan fingerprint density at radius 3 is 2.36 bits per heavy atom. The number of ether oxygens (including phenoxy) is 1. The molecule has 5 aromatic rings. The van der Waals surface area contributed by atoms with Crippen LogP contribution in [0.1, 0.15) is 28.9 Å². The maximum atomic E-state index is 13.9. The van der Waals surface area contributed by atoms with E-state index < -0.39 is 0 Å². The summed E-state index contributed by atoms with van der Waals surface area (Å²) in [7, 11) is 1.66. The molecule has 1 N–H and O–H groups in total. The Labute approximate surface area is 214 Å². The number of methoxy groups -OCH3 is 1. The van der Waals surface area contributed by atoms with Gasteiger partial charge < -0.3 is 14.6 Å². The molecule has 36 heavy (non-hydrogen) atoms. The van der Waals surface area contributed by atoms with E-state index in [0.717, 1.165) is 65.3 Å². The third kappa shape index (κ3) is 3.86. The van der Waals surface area contributed by atoms with Gasteiger partial charge in [-0.2, -0.15) is 0 Å². The van der Waals surface area contributed by atoms with Crippen molar-refractivity contribution in [2.24, 2.45) is 0 Å². The number of anilines is 1. The Balaban J connectivity index is 1.60. The summed E-state index contributed by atoms with van der Waals surface area (Å²) in [5.41, 5.74) is 7.86. The Morgan fingerprint density at radius 1 is 0.917 bits per heavy atom. The quantitative estimate of drug-likeness (QED) is 0.277. The van der Waals surface area contributed by atoms with Crippen molar-refractivity contribution in [1.29, 1.82) is 0 Å². The van der Waals surface area contributed by atoms with E-state index in [1.54, 1.807) is 7.11 Å². The molecule has 1 amide bonds. The van der Waals surface area contributed by atoms with Crippen molar-refractivity contribution in [2.45, 2.75) is 25.8 Å². The van der Waals surface area contributed by atoms with Gasteiger partial charge in [-0.3, -0.25) is 9.20 Å². The van der Waals surface area contributed by atoms with Crippen LogP contribution in [0.25, 0.3) is 28.0 Å². The largest absolute Gasteiger partial charge is 0.497 e. The number of benzene rings is 3. The number of aryl methyl sites for hydroxylation is 2. The van der Waals surface area contributed by atoms with Gasteiger partial charge >= 0.3 is 0 Å². The summed E-state index contributed by atoms with van der Waals surface area (Å²) < 4.78 is 9.83. The fraction of sp³-hybridized carbons (Fsp3) is 0.167. The van der Waals surface area contributed by atoms with Crippen molar-refractivity contribution in [3.8, 4) is 28.1 Å². The lowest BCUT2D eigenvalue weighted by molar-refractivity contribution is 0.102. The third-order valence-electron chi connectivity index (χ3n) is 6.90. The summed E-state index contributed by atoms with van der Waals surface area (Å²) >= 11 is 6.17. The molecule has 180 valence electrons. The lowest BCUT2D eigenvalue weighted by Gasteiger charge is -2.11. The lowest BCUT2D eigenvalue weighted by Crippen LogP contribution is -2.15. The van der Waals surface area contributed by atoms with Crippen molar-refractivity contribution in [1.82, 2.24) is 8.97 Å². The fourth-order valence-corrected chi connectivity index (χ4v) is 5.37. The molecule has 0 fully saturated rings. The van der Waals surface area contributed by atoms with Crippen LogP contribution in [0.15, 0.2) is 85.1 Å². The Hall–Kier alpha value is -3.96. The normalized spacial score (nSPS) is 12.9. The predicted octanol–water partition coefficient (Wildman–Crippen LogP) is 7.33. The van der Waals surface area contributed by atoms with E-state index in [9.17, 15) is 4.79 Å². The number of carbonyl (C=O) groups is 1. The smallest absolute Gasteiger partial charge is 0.273 e. The molecule has 3 heterocycles. The monoisotopic (exact) mass is 495 g/mol. The fourth-order valence-electron chi connectivity index (χ4n) is 5.24. The Morgan fingerprint density at radius 2 is 1.64 bits per heavy atom. The van der Waals surface area contributed by atoms with Crippen LogP contribution >= 0.6 is 11.6 Å². The highest BCUT2D eigenvalue weighted by atomic mass is 35.5. The maximum absolute atomic E-state index is 13.9. The van der Waals surface area contributed by atoms with Gasteiger partial charge in [0.1, 0.15) is 17.1 Å². The lowest BCUT2D eigenvalue weighted by atomic mass is 9.97. The second-order valence-electron chi connectivity index (χ2n) is 9.07. The van der Waals surface area contributed by atoms with Crippen molar-refractivity contribution < 1.29 is 9.53 Å². The van der Waals surface area contributed by atoms with Gasteiger partial charge in [-0.05, 0) is 66.8 Å². The zero-order chi connectivity index (χ0) is 24.6. The molecule has 5 nitrogen and oxygen atoms in total. The van der Waals surface area contributed by atoms with Gasteiger partial charge in [0.2, 0.25) is 0 Å². The summed E-state index contributed by atoms with van der Waals surface area (Å²) in [6.07, 6.45) is 5.14. The van der Waals surface area contributed by atoms with Gasteiger partial charge in [-0.1, -0.05) is 54.1 Å². The minimum Gasteiger partial charge on any atom is -0.497 e. The summed E-state index contributed by atoms with van der Waals surface area (Å²) in [5, 5.41) is 3.83. The number of imidazole rings is 1. The summed E-state index contributed by atoms with van der Waals surface area (Å²) in [5.74, 6) is 0.659. The Bertz CT molecular complexity index is 1550. The SMILES string of the molecule is COc1ccc(-c2c3c4n(c(-c5ccc(Cl)cc5)cn4c2C(=O)Nc2ccccc2)CCCC3)cc1. The average Bonchev–Trinajstić information content (AvgIpc) is 3.32. The van der Waals surface area contributed by atoms with Crippen LogP contribution in [0.3, 0.4) is 0 Å². The zero-order valence-electron chi connectivity index (χ0n) is 20.0. The first kappa shape index (κ1) is 22.5. The highest BCUT2D eigenvalue weighted by Crippen LogP contribution is 2.40. The molecule has 2 aromatic heterocycles. The standard InChI is InChI=1S/C30H26ClN3O2/c1-36-24-16-12-21(13-17-24)27-25-9-5-6-18-33-26(20-10-14-22(31)15-11-20)19-34(30(25)33)28(27)29(35)32-23-7-3-2-4-8-23/h2-4,7-8,10-17,19H,5-6,9,18H2,1H3,(H,32,35). The number of halogens is 1. The van der Waals surface area contributed by atoms with Crippen molar-refractivity contribution in [3.63, 3.8) is 0 Å². The molecule has 3 aromatic carbocycles. The van der Waals surface area contributed by atoms with Gasteiger partial charge in [-0.15, -0.1) is 0 Å². The number of para-hydroxylation sites is 1. The van der Waals surface area contributed by atoms with Crippen LogP contribution in [0, 0.1) is 0 Å². The maximum Gasteiger partial charge on any atom is 0.273 e. The molecular weight excluding hydrogens is 470 g/mol. The molecule has 1 aliphatic rings. The highest BCUT2D eigenvalue weighted by molar-refractivity contribution is 6.30. The van der Waals surface area contributed by atoms with Gasteiger partial charge in [-0.25, -0.2) is 0 Å². The van der Waals surface area contributed by atoms with Crippen LogP contribution in [0.5, 0.6) is 5.75 Å². The first-order chi connectivity index (χ1) is 17.6. The molecule has 0 atom stereocenters. The minimum atomic E-state index is -0.131. The molecule has 0 saturated carbocycles. The number of nitrogens with zero attached hydrogens (tertiary/aromatic N) is 2. The highest BCUT2D eigenvalue weighted by Gasteiger charge is 2.29. The number of aromatic nitrogens is 2. The van der Waals surface area contributed by atoms with Crippen LogP contribution in [0.2, 0.25) is 5.02 Å². The molecule has 6 rings (SSSR count). The molecule has 0 radical (unpaired) electrons. The van der Waals surface area contributed by atoms with Gasteiger partial charge in [0, 0.05) is 34.6 Å². The number of carbonyl (C=O) groups excluding carboxylic acids is 1. The van der Waals surface area contributed by atoms with Crippen LogP contribution < -0.4 is 10.1 Å². The summed E-state index contributed by atoms with van der Waals surface area (Å²) in [6.45, 7) is 0.896. The van der Waals surface area contributed by atoms with Gasteiger partial charge in [0.25, 0.3) is 5.91 Å². The molecule has 0 aliphatic carbocycles. The molecule has 6 heteroatoms. The summed E-state index contributed by atoms with van der Waals surface area (Å²) in [4.78, 5) is 13.9. The van der Waals surface area contributed by atoms with Gasteiger partial charge in [0.15, 0.2) is 0 Å². The van der Waals surface area contributed by atoms with E-state index in [1.807, 2.05) is 78.9 Å². The minimum absolute atomic E-state index is 0.131. The first-order valence-corrected chi connectivity index (χ1v) is 12.5. The second-order valence-corrected chi connectivity index (χ2v) is 9.51. The van der Waals surface area contributed by atoms with E-state index in [1.165, 1.54) is 5.56 Å². The molecule has 1 aliphatic heterocycles. The van der Waals surface area contributed by atoms with Crippen LogP contribution in [-0.4, -0.2) is 22.0 Å². The zero-order valence-corrected chi connectivity index (χ0v) is 20.8. The number of hydrogen-bond donors (Lipinski definition) is 1. The third-order valence-corrected chi connectivity index (χ3v) is 7.15. The molecule has 0 bridgehead atoms. The summed E-state index contributed by atoms with van der Waals surface area (Å²) in [6, 6.07) is 25.5. The van der Waals surface area contributed by atoms with Crippen molar-refractivity contribution >= 4 is 28.8 Å². The van der Waals surface area contributed by atoms with E-state index in [-0.39, 0.29) is 5.91 Å². The molecule has 0 unspecified atom stereocenters. The van der Waals surface area contributed by atoms with Crippen molar-refractivity contribution in [2.75, 3.05) is 12.4 Å². The first-order valence-electron chi connectivity index (χ1n) is 12.2. The topological polar surface area (TPSA) is 47.7 Å². The average molecular weight is 496 g/mol. The van der Waals surface area contributed by atoms with E-state index >= 15 is 0 Å². The van der Waals surface area contributed by atoms with E-state index in [2.05, 4.69) is 20.5 Å². The van der Waals surface area contributed by atoms with Crippen molar-refractivity contribution in [3.05, 3.63) is 101 Å². The molecule has 0 saturated heterocycles. The number of nitrogens with one attached hydrogen (secondary N) is 1. The van der Waals surface area contributed by atoms with Crippen LogP contribution in [-0.2, 0) is 13.0 Å². The Kier molecular flexibility index (Phi) is 5.78. The van der Waals surface area contributed by atoms with E-state index in [0.29, 0.717) is 10.7 Å². The number of hydrogen-bond acceptors (Lipinski definition) is 2. The van der Waals surface area contributed by atoms with E-state index in [4.69, 9.17) is 16.3 Å². The van der Waals surface area contributed by atoms with Crippen LogP contribution in [0.4, 0.5) is 5.69 Å². The predicted molar refractivity (Wildman–Crippen MR) is 145 cm³/mol. The number of amides is 1. The second kappa shape index (κ2) is 9.25. The molecular formula is C30H26ClN3O2. The molecule has 0 spiro atoms. The van der Waals surface area contributed by atoms with Gasteiger partial charge in [0.05, 0.1) is 12.8 Å².